The lowest BCUT2D eigenvalue weighted by Crippen LogP contribution is -1.92. The van der Waals surface area contributed by atoms with Crippen molar-refractivity contribution < 1.29 is 14.2 Å². The van der Waals surface area contributed by atoms with Crippen LogP contribution in [0.15, 0.2) is 42.5 Å². The summed E-state index contributed by atoms with van der Waals surface area (Å²) in [4.78, 5) is 0. The van der Waals surface area contributed by atoms with Gasteiger partial charge in [-0.25, -0.2) is 0 Å². The van der Waals surface area contributed by atoms with Crippen molar-refractivity contribution in [2.45, 2.75) is 0 Å². The average molecular weight is 295 g/mol. The smallest absolute Gasteiger partial charge is 0.161 e. The van der Waals surface area contributed by atoms with Crippen LogP contribution in [0.4, 0.5) is 0 Å². The van der Waals surface area contributed by atoms with E-state index in [2.05, 4.69) is 6.07 Å². The van der Waals surface area contributed by atoms with E-state index in [0.717, 1.165) is 16.9 Å². The van der Waals surface area contributed by atoms with Gasteiger partial charge in [-0.2, -0.15) is 5.26 Å². The number of benzene rings is 2. The summed E-state index contributed by atoms with van der Waals surface area (Å²) in [6, 6.07) is 15.1. The van der Waals surface area contributed by atoms with Gasteiger partial charge in [0.1, 0.15) is 5.75 Å². The molecule has 2 aromatic carbocycles. The molecule has 0 N–H and O–H groups in total. The van der Waals surface area contributed by atoms with Crippen molar-refractivity contribution in [3.8, 4) is 23.3 Å². The number of ether oxygens (including phenoxy) is 3. The zero-order valence-corrected chi connectivity index (χ0v) is 12.8. The van der Waals surface area contributed by atoms with E-state index >= 15 is 0 Å². The number of nitrogens with zero attached hydrogens (tertiary/aromatic N) is 1. The molecule has 0 saturated heterocycles. The molecule has 2 aromatic rings. The molecule has 0 bridgehead atoms. The third-order valence-electron chi connectivity index (χ3n) is 3.25. The molecule has 0 aliphatic carbocycles. The first-order valence-electron chi connectivity index (χ1n) is 6.70. The molecule has 0 atom stereocenters. The first-order chi connectivity index (χ1) is 10.7. The molecular weight excluding hydrogens is 278 g/mol. The van der Waals surface area contributed by atoms with Crippen LogP contribution in [0.3, 0.4) is 0 Å². The molecule has 0 aliphatic heterocycles. The van der Waals surface area contributed by atoms with Crippen molar-refractivity contribution in [3.05, 3.63) is 53.6 Å². The Morgan fingerprint density at radius 3 is 2.23 bits per heavy atom. The first kappa shape index (κ1) is 15.5. The van der Waals surface area contributed by atoms with Crippen molar-refractivity contribution in [2.24, 2.45) is 0 Å². The van der Waals surface area contributed by atoms with Crippen LogP contribution in [0.2, 0.25) is 0 Å². The molecule has 0 aliphatic rings. The van der Waals surface area contributed by atoms with E-state index in [0.29, 0.717) is 17.1 Å². The number of hydrogen-bond donors (Lipinski definition) is 0. The molecule has 22 heavy (non-hydrogen) atoms. The minimum Gasteiger partial charge on any atom is -0.496 e. The van der Waals surface area contributed by atoms with Crippen LogP contribution in [0, 0.1) is 11.3 Å². The first-order valence-corrected chi connectivity index (χ1v) is 6.70. The third kappa shape index (κ3) is 3.21. The molecule has 0 aromatic heterocycles. The number of para-hydroxylation sites is 1. The highest BCUT2D eigenvalue weighted by molar-refractivity contribution is 5.91. The lowest BCUT2D eigenvalue weighted by atomic mass is 10.0. The standard InChI is InChI=1S/C18H17NO3/c1-20-16-7-5-4-6-14(16)10-15(12-19)13-8-9-17(21-2)18(11-13)22-3/h4-11H,1-3H3/b15-10+. The quantitative estimate of drug-likeness (QED) is 0.622. The summed E-state index contributed by atoms with van der Waals surface area (Å²) in [6.07, 6.45) is 1.79. The predicted octanol–water partition coefficient (Wildman–Crippen LogP) is 3.78. The highest BCUT2D eigenvalue weighted by Gasteiger charge is 2.09. The molecule has 0 unspecified atom stereocenters. The maximum absolute atomic E-state index is 9.46. The van der Waals surface area contributed by atoms with Crippen molar-refractivity contribution in [1.29, 1.82) is 5.26 Å². The molecule has 0 amide bonds. The molecule has 112 valence electrons. The molecule has 2 rings (SSSR count). The zero-order valence-electron chi connectivity index (χ0n) is 12.8. The average Bonchev–Trinajstić information content (AvgIpc) is 2.59. The maximum Gasteiger partial charge on any atom is 0.161 e. The van der Waals surface area contributed by atoms with Gasteiger partial charge in [0.05, 0.1) is 33.0 Å². The van der Waals surface area contributed by atoms with E-state index in [1.807, 2.05) is 30.3 Å². The number of allylic oxidation sites excluding steroid dienone is 1. The van der Waals surface area contributed by atoms with E-state index in [1.54, 1.807) is 39.5 Å². The molecule has 0 saturated carbocycles. The monoisotopic (exact) mass is 295 g/mol. The summed E-state index contributed by atoms with van der Waals surface area (Å²) in [5, 5.41) is 9.46. The number of hydrogen-bond acceptors (Lipinski definition) is 4. The fourth-order valence-electron chi connectivity index (χ4n) is 2.13. The van der Waals surface area contributed by atoms with Crippen molar-refractivity contribution >= 4 is 11.6 Å². The third-order valence-corrected chi connectivity index (χ3v) is 3.25. The van der Waals surface area contributed by atoms with Crippen LogP contribution in [-0.2, 0) is 0 Å². The number of rotatable bonds is 5. The van der Waals surface area contributed by atoms with Gasteiger partial charge in [-0.1, -0.05) is 18.2 Å². The molecule has 0 radical (unpaired) electrons. The van der Waals surface area contributed by atoms with E-state index in [4.69, 9.17) is 14.2 Å². The molecule has 0 heterocycles. The van der Waals surface area contributed by atoms with Gasteiger partial charge >= 0.3 is 0 Å². The van der Waals surface area contributed by atoms with Gasteiger partial charge in [0.15, 0.2) is 11.5 Å². The summed E-state index contributed by atoms with van der Waals surface area (Å²) in [6.45, 7) is 0. The van der Waals surface area contributed by atoms with Crippen LogP contribution >= 0.6 is 0 Å². The Morgan fingerprint density at radius 2 is 1.59 bits per heavy atom. The summed E-state index contributed by atoms with van der Waals surface area (Å²) < 4.78 is 15.8. The predicted molar refractivity (Wildman–Crippen MR) is 86.0 cm³/mol. The fraction of sp³-hybridized carbons (Fsp3) is 0.167. The lowest BCUT2D eigenvalue weighted by Gasteiger charge is -2.09. The Hall–Kier alpha value is -2.93. The SMILES string of the molecule is COc1ccccc1/C=C(\C#N)c1ccc(OC)c(OC)c1. The topological polar surface area (TPSA) is 51.5 Å². The summed E-state index contributed by atoms with van der Waals surface area (Å²) in [5.41, 5.74) is 2.12. The van der Waals surface area contributed by atoms with Gasteiger partial charge in [0.2, 0.25) is 0 Å². The van der Waals surface area contributed by atoms with Crippen LogP contribution in [-0.4, -0.2) is 21.3 Å². The van der Waals surface area contributed by atoms with E-state index < -0.39 is 0 Å². The van der Waals surface area contributed by atoms with Gasteiger partial charge in [0.25, 0.3) is 0 Å². The van der Waals surface area contributed by atoms with Crippen LogP contribution < -0.4 is 14.2 Å². The second-order valence-corrected chi connectivity index (χ2v) is 4.48. The van der Waals surface area contributed by atoms with Crippen LogP contribution in [0.1, 0.15) is 11.1 Å². The normalized spacial score (nSPS) is 10.7. The van der Waals surface area contributed by atoms with E-state index in [1.165, 1.54) is 0 Å². The van der Waals surface area contributed by atoms with Crippen LogP contribution in [0.5, 0.6) is 17.2 Å². The molecular formula is C18H17NO3. The number of nitriles is 1. The summed E-state index contributed by atoms with van der Waals surface area (Å²) >= 11 is 0. The Morgan fingerprint density at radius 1 is 0.909 bits per heavy atom. The Labute approximate surface area is 130 Å². The lowest BCUT2D eigenvalue weighted by molar-refractivity contribution is 0.355. The molecule has 0 spiro atoms. The van der Waals surface area contributed by atoms with Gasteiger partial charge in [-0.05, 0) is 35.9 Å². The molecule has 0 fully saturated rings. The largest absolute Gasteiger partial charge is 0.496 e. The zero-order chi connectivity index (χ0) is 15.9. The Bertz CT molecular complexity index is 729. The van der Waals surface area contributed by atoms with Crippen molar-refractivity contribution in [2.75, 3.05) is 21.3 Å². The maximum atomic E-state index is 9.46. The van der Waals surface area contributed by atoms with Crippen LogP contribution in [0.25, 0.3) is 11.6 Å². The Balaban J connectivity index is 2.48. The minimum atomic E-state index is 0.519. The molecule has 4 heteroatoms. The summed E-state index contributed by atoms with van der Waals surface area (Å²) in [7, 11) is 4.75. The second-order valence-electron chi connectivity index (χ2n) is 4.48. The van der Waals surface area contributed by atoms with E-state index in [9.17, 15) is 5.26 Å². The Kier molecular flexibility index (Phi) is 5.05. The van der Waals surface area contributed by atoms with Gasteiger partial charge in [-0.3, -0.25) is 0 Å². The van der Waals surface area contributed by atoms with E-state index in [-0.39, 0.29) is 0 Å². The van der Waals surface area contributed by atoms with Gasteiger partial charge in [-0.15, -0.1) is 0 Å². The summed E-state index contributed by atoms with van der Waals surface area (Å²) in [5.74, 6) is 1.93. The number of methoxy groups -OCH3 is 3. The van der Waals surface area contributed by atoms with Crippen molar-refractivity contribution in [1.82, 2.24) is 0 Å². The fourth-order valence-corrected chi connectivity index (χ4v) is 2.13. The molecule has 4 nitrogen and oxygen atoms in total. The highest BCUT2D eigenvalue weighted by Crippen LogP contribution is 2.31. The highest BCUT2D eigenvalue weighted by atomic mass is 16.5. The second kappa shape index (κ2) is 7.19. The van der Waals surface area contributed by atoms with Crippen molar-refractivity contribution in [3.63, 3.8) is 0 Å². The minimum absolute atomic E-state index is 0.519. The van der Waals surface area contributed by atoms with Gasteiger partial charge < -0.3 is 14.2 Å². The van der Waals surface area contributed by atoms with Gasteiger partial charge in [0, 0.05) is 5.56 Å².